The lowest BCUT2D eigenvalue weighted by Gasteiger charge is -2.25. The van der Waals surface area contributed by atoms with Crippen LogP contribution in [0.25, 0.3) is 0 Å². The number of hydrogen-bond donors (Lipinski definition) is 2. The van der Waals surface area contributed by atoms with Gasteiger partial charge in [-0.05, 0) is 32.2 Å². The molecule has 0 radical (unpaired) electrons. The zero-order chi connectivity index (χ0) is 12.8. The van der Waals surface area contributed by atoms with Crippen molar-refractivity contribution in [2.45, 2.75) is 64.6 Å². The van der Waals surface area contributed by atoms with Gasteiger partial charge in [-0.2, -0.15) is 0 Å². The summed E-state index contributed by atoms with van der Waals surface area (Å²) in [6.07, 6.45) is 4.40. The summed E-state index contributed by atoms with van der Waals surface area (Å²) in [5, 5.41) is 12.2. The van der Waals surface area contributed by atoms with Gasteiger partial charge in [-0.3, -0.25) is 4.79 Å². The van der Waals surface area contributed by atoms with Gasteiger partial charge in [-0.15, -0.1) is 0 Å². The van der Waals surface area contributed by atoms with Crippen LogP contribution in [0.4, 0.5) is 0 Å². The van der Waals surface area contributed by atoms with Gasteiger partial charge in [-0.25, -0.2) is 0 Å². The van der Waals surface area contributed by atoms with Gasteiger partial charge >= 0.3 is 5.97 Å². The molecule has 100 valence electrons. The molecule has 2 unspecified atom stereocenters. The van der Waals surface area contributed by atoms with Crippen LogP contribution in [0.5, 0.6) is 0 Å². The van der Waals surface area contributed by atoms with Crippen LogP contribution >= 0.6 is 0 Å². The summed E-state index contributed by atoms with van der Waals surface area (Å²) in [5.41, 5.74) is 0. The van der Waals surface area contributed by atoms with E-state index in [0.717, 1.165) is 13.1 Å². The summed E-state index contributed by atoms with van der Waals surface area (Å²) < 4.78 is 0. The molecule has 0 spiro atoms. The summed E-state index contributed by atoms with van der Waals surface area (Å²) in [6.45, 7) is 8.22. The number of carboxylic acid groups (broad SMARTS) is 1. The first kappa shape index (κ1) is 14.5. The minimum atomic E-state index is -0.731. The summed E-state index contributed by atoms with van der Waals surface area (Å²) >= 11 is 0. The van der Waals surface area contributed by atoms with Crippen LogP contribution < -0.4 is 5.32 Å². The zero-order valence-electron chi connectivity index (χ0n) is 11.3. The molecule has 4 heteroatoms. The monoisotopic (exact) mass is 242 g/mol. The minimum absolute atomic E-state index is 0.219. The van der Waals surface area contributed by atoms with Crippen molar-refractivity contribution in [2.75, 3.05) is 13.1 Å². The molecule has 0 amide bonds. The van der Waals surface area contributed by atoms with Crippen molar-refractivity contribution >= 4 is 5.97 Å². The van der Waals surface area contributed by atoms with Crippen LogP contribution in [0.2, 0.25) is 0 Å². The number of carboxylic acids is 1. The Balaban J connectivity index is 2.38. The van der Waals surface area contributed by atoms with E-state index in [2.05, 4.69) is 17.1 Å². The summed E-state index contributed by atoms with van der Waals surface area (Å²) in [6, 6.07) is 0.480. The van der Waals surface area contributed by atoms with Crippen molar-refractivity contribution < 1.29 is 9.90 Å². The molecule has 4 nitrogen and oxygen atoms in total. The number of nitrogens with zero attached hydrogens (tertiary/aromatic N) is 1. The van der Waals surface area contributed by atoms with Crippen LogP contribution in [0.3, 0.4) is 0 Å². The molecule has 0 saturated carbocycles. The third kappa shape index (κ3) is 4.64. The van der Waals surface area contributed by atoms with Gasteiger partial charge in [-0.1, -0.05) is 20.8 Å². The van der Waals surface area contributed by atoms with E-state index in [1.54, 1.807) is 0 Å². The van der Waals surface area contributed by atoms with Crippen LogP contribution in [0.15, 0.2) is 0 Å². The average molecular weight is 242 g/mol. The molecular weight excluding hydrogens is 216 g/mol. The maximum atomic E-state index is 11.1. The third-order valence-electron chi connectivity index (χ3n) is 3.51. The Hall–Kier alpha value is -0.610. The molecule has 1 heterocycles. The van der Waals surface area contributed by atoms with Crippen molar-refractivity contribution in [3.63, 3.8) is 0 Å². The van der Waals surface area contributed by atoms with E-state index in [9.17, 15) is 4.79 Å². The molecule has 2 N–H and O–H groups in total. The van der Waals surface area contributed by atoms with Crippen LogP contribution in [-0.4, -0.2) is 47.2 Å². The van der Waals surface area contributed by atoms with E-state index in [1.165, 1.54) is 19.3 Å². The maximum Gasteiger partial charge on any atom is 0.320 e. The standard InChI is InChI=1S/C13H26N2O2/c1-4-11-6-5-8-15(11)9-7-12(13(16)17)14-10(2)3/h10-12,14H,4-9H2,1-3H3,(H,16,17). The lowest BCUT2D eigenvalue weighted by molar-refractivity contribution is -0.140. The molecule has 1 aliphatic rings. The lowest BCUT2D eigenvalue weighted by Crippen LogP contribution is -2.43. The largest absolute Gasteiger partial charge is 0.480 e. The Morgan fingerprint density at radius 2 is 2.24 bits per heavy atom. The Bertz CT molecular complexity index is 244. The smallest absolute Gasteiger partial charge is 0.320 e. The predicted octanol–water partition coefficient (Wildman–Crippen LogP) is 1.70. The van der Waals surface area contributed by atoms with Crippen molar-refractivity contribution in [1.29, 1.82) is 0 Å². The molecule has 1 fully saturated rings. The molecule has 0 aromatic carbocycles. The van der Waals surface area contributed by atoms with Gasteiger partial charge in [0.1, 0.15) is 6.04 Å². The molecule has 0 aromatic rings. The van der Waals surface area contributed by atoms with E-state index < -0.39 is 12.0 Å². The Morgan fingerprint density at radius 3 is 2.76 bits per heavy atom. The second-order valence-corrected chi connectivity index (χ2v) is 5.24. The number of hydrogen-bond acceptors (Lipinski definition) is 3. The van der Waals surface area contributed by atoms with E-state index >= 15 is 0 Å². The van der Waals surface area contributed by atoms with E-state index in [0.29, 0.717) is 12.5 Å². The normalized spacial score (nSPS) is 23.2. The van der Waals surface area contributed by atoms with Gasteiger partial charge in [0.15, 0.2) is 0 Å². The fraction of sp³-hybridized carbons (Fsp3) is 0.923. The highest BCUT2D eigenvalue weighted by atomic mass is 16.4. The number of rotatable bonds is 7. The molecule has 0 bridgehead atoms. The second-order valence-electron chi connectivity index (χ2n) is 5.24. The lowest BCUT2D eigenvalue weighted by atomic mass is 10.1. The second kappa shape index (κ2) is 6.97. The van der Waals surface area contributed by atoms with E-state index in [-0.39, 0.29) is 6.04 Å². The highest BCUT2D eigenvalue weighted by molar-refractivity contribution is 5.73. The third-order valence-corrected chi connectivity index (χ3v) is 3.51. The summed E-state index contributed by atoms with van der Waals surface area (Å²) in [4.78, 5) is 13.6. The first-order valence-electron chi connectivity index (χ1n) is 6.77. The minimum Gasteiger partial charge on any atom is -0.480 e. The fourth-order valence-electron chi connectivity index (χ4n) is 2.63. The Labute approximate surface area is 104 Å². The zero-order valence-corrected chi connectivity index (χ0v) is 11.3. The highest BCUT2D eigenvalue weighted by Crippen LogP contribution is 2.20. The molecule has 0 aliphatic carbocycles. The summed E-state index contributed by atoms with van der Waals surface area (Å²) in [5.74, 6) is -0.731. The molecule has 1 rings (SSSR count). The first-order valence-corrected chi connectivity index (χ1v) is 6.77. The Kier molecular flexibility index (Phi) is 5.92. The van der Waals surface area contributed by atoms with E-state index in [4.69, 9.17) is 5.11 Å². The average Bonchev–Trinajstić information content (AvgIpc) is 2.70. The molecule has 2 atom stereocenters. The summed E-state index contributed by atoms with van der Waals surface area (Å²) in [7, 11) is 0. The molecule has 1 aliphatic heterocycles. The molecule has 0 aromatic heterocycles. The van der Waals surface area contributed by atoms with Crippen LogP contribution in [-0.2, 0) is 4.79 Å². The maximum absolute atomic E-state index is 11.1. The van der Waals surface area contributed by atoms with E-state index in [1.807, 2.05) is 13.8 Å². The molecule has 1 saturated heterocycles. The van der Waals surface area contributed by atoms with Crippen molar-refractivity contribution in [2.24, 2.45) is 0 Å². The number of carbonyl (C=O) groups is 1. The van der Waals surface area contributed by atoms with Gasteiger partial charge in [0.05, 0.1) is 0 Å². The first-order chi connectivity index (χ1) is 8.04. The van der Waals surface area contributed by atoms with Gasteiger partial charge in [0, 0.05) is 18.6 Å². The number of aliphatic carboxylic acids is 1. The van der Waals surface area contributed by atoms with Gasteiger partial charge in [0.25, 0.3) is 0 Å². The quantitative estimate of drug-likeness (QED) is 0.713. The van der Waals surface area contributed by atoms with Crippen molar-refractivity contribution in [1.82, 2.24) is 10.2 Å². The molecular formula is C13H26N2O2. The van der Waals surface area contributed by atoms with Crippen LogP contribution in [0, 0.1) is 0 Å². The van der Waals surface area contributed by atoms with Crippen molar-refractivity contribution in [3.8, 4) is 0 Å². The Morgan fingerprint density at radius 1 is 1.53 bits per heavy atom. The number of nitrogens with one attached hydrogen (secondary N) is 1. The van der Waals surface area contributed by atoms with Gasteiger partial charge < -0.3 is 15.3 Å². The van der Waals surface area contributed by atoms with Crippen LogP contribution in [0.1, 0.15) is 46.5 Å². The predicted molar refractivity (Wildman–Crippen MR) is 69.2 cm³/mol. The fourth-order valence-corrected chi connectivity index (χ4v) is 2.63. The highest BCUT2D eigenvalue weighted by Gasteiger charge is 2.25. The van der Waals surface area contributed by atoms with Gasteiger partial charge in [0.2, 0.25) is 0 Å². The number of likely N-dealkylation sites (tertiary alicyclic amines) is 1. The molecule has 17 heavy (non-hydrogen) atoms. The van der Waals surface area contributed by atoms with Crippen molar-refractivity contribution in [3.05, 3.63) is 0 Å². The topological polar surface area (TPSA) is 52.6 Å². The SMILES string of the molecule is CCC1CCCN1CCC(NC(C)C)C(=O)O.